The lowest BCUT2D eigenvalue weighted by molar-refractivity contribution is 1.05. The fraction of sp³-hybridized carbons (Fsp3) is 0.300. The smallest absolute Gasteiger partial charge is 0.148 e. The van der Waals surface area contributed by atoms with Crippen LogP contribution in [0.4, 0.5) is 5.82 Å². The Kier molecular flexibility index (Phi) is 2.29. The first-order chi connectivity index (χ1) is 7.31. The molecule has 1 fully saturated rings. The fourth-order valence-corrected chi connectivity index (χ4v) is 2.77. The minimum atomic E-state index is 0.649. The molecule has 15 heavy (non-hydrogen) atoms. The van der Waals surface area contributed by atoms with Gasteiger partial charge in [-0.05, 0) is 40.9 Å². The molecule has 3 nitrogen and oxygen atoms in total. The van der Waals surface area contributed by atoms with Gasteiger partial charge in [-0.3, -0.25) is 5.10 Å². The van der Waals surface area contributed by atoms with Gasteiger partial charge in [0.2, 0.25) is 0 Å². The van der Waals surface area contributed by atoms with Gasteiger partial charge in [0.15, 0.2) is 0 Å². The lowest BCUT2D eigenvalue weighted by Crippen LogP contribution is -2.00. The molecule has 3 rings (SSSR count). The number of aromatic amines is 1. The van der Waals surface area contributed by atoms with Crippen molar-refractivity contribution >= 4 is 33.1 Å². The van der Waals surface area contributed by atoms with E-state index in [4.69, 9.17) is 0 Å². The van der Waals surface area contributed by atoms with Gasteiger partial charge in [0.05, 0.1) is 14.4 Å². The predicted molar refractivity (Wildman–Crippen MR) is 66.2 cm³/mol. The summed E-state index contributed by atoms with van der Waals surface area (Å²) in [6, 6.07) is 6.85. The molecule has 2 N–H and O–H groups in total. The largest absolute Gasteiger partial charge is 0.366 e. The molecule has 2 aromatic heterocycles. The summed E-state index contributed by atoms with van der Waals surface area (Å²) in [5, 5.41) is 10.6. The van der Waals surface area contributed by atoms with Crippen LogP contribution >= 0.6 is 27.3 Å². The van der Waals surface area contributed by atoms with Gasteiger partial charge in [-0.25, -0.2) is 0 Å². The third-order valence-electron chi connectivity index (χ3n) is 2.35. The topological polar surface area (TPSA) is 40.7 Å². The van der Waals surface area contributed by atoms with Crippen LogP contribution in [0.3, 0.4) is 0 Å². The third kappa shape index (κ3) is 2.08. The summed E-state index contributed by atoms with van der Waals surface area (Å²) in [5.41, 5.74) is 1.08. The van der Waals surface area contributed by atoms with E-state index in [0.717, 1.165) is 15.3 Å². The molecule has 5 heteroatoms. The average molecular weight is 284 g/mol. The maximum atomic E-state index is 4.24. The van der Waals surface area contributed by atoms with Crippen molar-refractivity contribution in [3.63, 3.8) is 0 Å². The summed E-state index contributed by atoms with van der Waals surface area (Å²) in [6.45, 7) is 0. The van der Waals surface area contributed by atoms with Crippen molar-refractivity contribution in [3.05, 3.63) is 22.0 Å². The molecule has 0 bridgehead atoms. The zero-order chi connectivity index (χ0) is 10.3. The number of hydrogen-bond acceptors (Lipinski definition) is 3. The number of rotatable bonds is 3. The third-order valence-corrected chi connectivity index (χ3v) is 4.00. The first-order valence-corrected chi connectivity index (χ1v) is 6.50. The van der Waals surface area contributed by atoms with Crippen LogP contribution in [0, 0.1) is 0 Å². The van der Waals surface area contributed by atoms with E-state index in [0.29, 0.717) is 6.04 Å². The molecule has 0 saturated heterocycles. The van der Waals surface area contributed by atoms with Gasteiger partial charge in [0.25, 0.3) is 0 Å². The summed E-state index contributed by atoms with van der Waals surface area (Å²) >= 11 is 5.16. The van der Waals surface area contributed by atoms with Crippen molar-refractivity contribution in [2.24, 2.45) is 0 Å². The number of hydrogen-bond donors (Lipinski definition) is 2. The average Bonchev–Trinajstić information content (AvgIpc) is 2.74. The molecule has 2 heterocycles. The first kappa shape index (κ1) is 9.42. The van der Waals surface area contributed by atoms with Crippen LogP contribution in [0.25, 0.3) is 10.6 Å². The maximum Gasteiger partial charge on any atom is 0.148 e. The van der Waals surface area contributed by atoms with Crippen LogP contribution in [-0.4, -0.2) is 16.2 Å². The van der Waals surface area contributed by atoms with E-state index in [2.05, 4.69) is 49.6 Å². The molecule has 0 atom stereocenters. The molecule has 1 aliphatic rings. The highest BCUT2D eigenvalue weighted by molar-refractivity contribution is 9.11. The quantitative estimate of drug-likeness (QED) is 0.906. The standard InChI is InChI=1S/C10H10BrN3S/c11-9-4-3-8(15-9)7-5-10(14-13-7)12-6-1-2-6/h3-6H,1-2H2,(H2,12,13,14). The summed E-state index contributed by atoms with van der Waals surface area (Å²) in [6.07, 6.45) is 2.54. The molecule has 0 aliphatic heterocycles. The van der Waals surface area contributed by atoms with E-state index < -0.39 is 0 Å². The molecule has 0 radical (unpaired) electrons. The second kappa shape index (κ2) is 3.64. The molecule has 1 aliphatic carbocycles. The Hall–Kier alpha value is -0.810. The van der Waals surface area contributed by atoms with Crippen LogP contribution in [0.5, 0.6) is 0 Å². The van der Waals surface area contributed by atoms with Crippen molar-refractivity contribution in [3.8, 4) is 10.6 Å². The Morgan fingerprint density at radius 1 is 1.47 bits per heavy atom. The first-order valence-electron chi connectivity index (χ1n) is 4.89. The molecule has 78 valence electrons. The number of nitrogens with zero attached hydrogens (tertiary/aromatic N) is 1. The van der Waals surface area contributed by atoms with Crippen LogP contribution in [-0.2, 0) is 0 Å². The SMILES string of the molecule is Brc1ccc(-c2cc(NC3CC3)n[nH]2)s1. The van der Waals surface area contributed by atoms with Crippen molar-refractivity contribution in [1.29, 1.82) is 0 Å². The maximum absolute atomic E-state index is 4.24. The number of thiophene rings is 1. The summed E-state index contributed by atoms with van der Waals surface area (Å²) < 4.78 is 1.14. The van der Waals surface area contributed by atoms with Crippen molar-refractivity contribution in [2.45, 2.75) is 18.9 Å². The van der Waals surface area contributed by atoms with Crippen LogP contribution in [0.2, 0.25) is 0 Å². The Morgan fingerprint density at radius 3 is 3.00 bits per heavy atom. The van der Waals surface area contributed by atoms with Crippen LogP contribution in [0.1, 0.15) is 12.8 Å². The summed E-state index contributed by atoms with van der Waals surface area (Å²) in [7, 11) is 0. The van der Waals surface area contributed by atoms with Crippen molar-refractivity contribution in [2.75, 3.05) is 5.32 Å². The second-order valence-corrected chi connectivity index (χ2v) is 6.15. The summed E-state index contributed by atoms with van der Waals surface area (Å²) in [4.78, 5) is 1.21. The zero-order valence-electron chi connectivity index (χ0n) is 7.96. The van der Waals surface area contributed by atoms with E-state index in [9.17, 15) is 0 Å². The molecule has 0 spiro atoms. The Labute approximate surface area is 100 Å². The van der Waals surface area contributed by atoms with Gasteiger partial charge in [-0.1, -0.05) is 0 Å². The Bertz CT molecular complexity index is 472. The fourth-order valence-electron chi connectivity index (χ4n) is 1.42. The van der Waals surface area contributed by atoms with Crippen molar-refractivity contribution < 1.29 is 0 Å². The van der Waals surface area contributed by atoms with E-state index in [-0.39, 0.29) is 0 Å². The highest BCUT2D eigenvalue weighted by Crippen LogP contribution is 2.32. The normalized spacial score (nSPS) is 15.5. The Morgan fingerprint density at radius 2 is 2.33 bits per heavy atom. The number of aromatic nitrogens is 2. The number of nitrogens with one attached hydrogen (secondary N) is 2. The molecule has 1 saturated carbocycles. The molecular weight excluding hydrogens is 274 g/mol. The number of anilines is 1. The van der Waals surface area contributed by atoms with Gasteiger partial charge in [0, 0.05) is 12.1 Å². The minimum absolute atomic E-state index is 0.649. The number of halogens is 1. The minimum Gasteiger partial charge on any atom is -0.366 e. The number of H-pyrrole nitrogens is 1. The van der Waals surface area contributed by atoms with E-state index in [1.807, 2.05) is 0 Å². The van der Waals surface area contributed by atoms with E-state index in [1.54, 1.807) is 11.3 Å². The highest BCUT2D eigenvalue weighted by atomic mass is 79.9. The van der Waals surface area contributed by atoms with Crippen LogP contribution in [0.15, 0.2) is 22.0 Å². The molecule has 2 aromatic rings. The van der Waals surface area contributed by atoms with Gasteiger partial charge in [-0.2, -0.15) is 5.10 Å². The van der Waals surface area contributed by atoms with Gasteiger partial charge in [-0.15, -0.1) is 11.3 Å². The van der Waals surface area contributed by atoms with Gasteiger partial charge in [0.1, 0.15) is 5.82 Å². The monoisotopic (exact) mass is 283 g/mol. The van der Waals surface area contributed by atoms with Crippen molar-refractivity contribution in [1.82, 2.24) is 10.2 Å². The highest BCUT2D eigenvalue weighted by Gasteiger charge is 2.21. The molecule has 0 unspecified atom stereocenters. The lowest BCUT2D eigenvalue weighted by Gasteiger charge is -1.95. The van der Waals surface area contributed by atoms with E-state index >= 15 is 0 Å². The summed E-state index contributed by atoms with van der Waals surface area (Å²) in [5.74, 6) is 0.956. The second-order valence-electron chi connectivity index (χ2n) is 3.69. The Balaban J connectivity index is 1.82. The molecule has 0 aromatic carbocycles. The predicted octanol–water partition coefficient (Wildman–Crippen LogP) is 3.48. The van der Waals surface area contributed by atoms with Gasteiger partial charge >= 0.3 is 0 Å². The van der Waals surface area contributed by atoms with Gasteiger partial charge < -0.3 is 5.32 Å². The van der Waals surface area contributed by atoms with E-state index in [1.165, 1.54) is 17.7 Å². The zero-order valence-corrected chi connectivity index (χ0v) is 10.4. The van der Waals surface area contributed by atoms with Crippen LogP contribution < -0.4 is 5.32 Å². The molecule has 0 amide bonds. The molecular formula is C10H10BrN3S. The lowest BCUT2D eigenvalue weighted by atomic mass is 10.3.